The lowest BCUT2D eigenvalue weighted by Gasteiger charge is -2.33. The van der Waals surface area contributed by atoms with Crippen LogP contribution in [0.25, 0.3) is 11.5 Å². The molecule has 262 valence electrons. The van der Waals surface area contributed by atoms with Gasteiger partial charge in [-0.25, -0.2) is 4.79 Å². The molecule has 5 rings (SSSR count). The number of carbonyl (C=O) groups excluding carboxylic acids is 2. The first-order valence-corrected chi connectivity index (χ1v) is 19.3. The van der Waals surface area contributed by atoms with Gasteiger partial charge in [0.15, 0.2) is 5.78 Å². The van der Waals surface area contributed by atoms with Crippen molar-refractivity contribution in [3.05, 3.63) is 127 Å². The zero-order valence-corrected chi connectivity index (χ0v) is 30.6. The number of unbranched alkanes of at least 4 members (excludes halogenated alkanes) is 1. The van der Waals surface area contributed by atoms with Crippen LogP contribution in [0.4, 0.5) is 4.79 Å². The summed E-state index contributed by atoms with van der Waals surface area (Å²) in [7, 11) is 0. The van der Waals surface area contributed by atoms with Crippen molar-refractivity contribution in [3.63, 3.8) is 0 Å². The van der Waals surface area contributed by atoms with E-state index in [1.54, 1.807) is 0 Å². The molecule has 0 saturated carbocycles. The highest BCUT2D eigenvalue weighted by Crippen LogP contribution is 2.46. The molecule has 4 aromatic carbocycles. The van der Waals surface area contributed by atoms with Gasteiger partial charge < -0.3 is 14.5 Å². The summed E-state index contributed by atoms with van der Waals surface area (Å²) in [5.41, 5.74) is 0.337. The molecule has 0 bridgehead atoms. The van der Waals surface area contributed by atoms with E-state index in [2.05, 4.69) is 21.6 Å². The third-order valence-electron chi connectivity index (χ3n) is 9.44. The number of amides is 1. The molecule has 1 heterocycles. The second kappa shape index (κ2) is 17.1. The fourth-order valence-electron chi connectivity index (χ4n) is 6.13. The highest BCUT2D eigenvalue weighted by Gasteiger charge is 2.38. The fourth-order valence-corrected chi connectivity index (χ4v) is 10.3. The minimum absolute atomic E-state index is 0.122. The van der Waals surface area contributed by atoms with Gasteiger partial charge in [0, 0.05) is 11.0 Å². The minimum atomic E-state index is -2.99. The molecule has 5 aromatic rings. The second-order valence-electron chi connectivity index (χ2n) is 13.1. The summed E-state index contributed by atoms with van der Waals surface area (Å²) in [5.74, 6) is 0.313. The first-order valence-electron chi connectivity index (χ1n) is 17.5. The number of ketones is 1. The molecule has 9 heteroatoms. The normalized spacial score (nSPS) is 12.7. The molecule has 1 amide bonds. The number of Topliss-reactive ketones (excluding diaryl/α,β-unsaturated/α-hetero) is 1. The third kappa shape index (κ3) is 8.39. The first kappa shape index (κ1) is 37.0. The van der Waals surface area contributed by atoms with Gasteiger partial charge in [-0.1, -0.05) is 150 Å². The van der Waals surface area contributed by atoms with E-state index in [9.17, 15) is 14.9 Å². The zero-order chi connectivity index (χ0) is 36.3. The lowest BCUT2D eigenvalue weighted by Crippen LogP contribution is -2.48. The van der Waals surface area contributed by atoms with Crippen LogP contribution in [-0.2, 0) is 16.0 Å². The summed E-state index contributed by atoms with van der Waals surface area (Å²) >= 11 is 0. The van der Waals surface area contributed by atoms with Crippen LogP contribution in [0.1, 0.15) is 59.3 Å². The molecular weight excluding hydrogens is 655 g/mol. The van der Waals surface area contributed by atoms with Crippen molar-refractivity contribution in [1.29, 1.82) is 5.26 Å². The molecule has 0 spiro atoms. The van der Waals surface area contributed by atoms with E-state index in [4.69, 9.17) is 9.15 Å². The van der Waals surface area contributed by atoms with E-state index in [0.717, 1.165) is 27.9 Å². The number of rotatable bonds is 15. The molecule has 0 aliphatic carbocycles. The van der Waals surface area contributed by atoms with Gasteiger partial charge in [-0.05, 0) is 47.8 Å². The van der Waals surface area contributed by atoms with Crippen molar-refractivity contribution in [2.75, 3.05) is 0 Å². The Morgan fingerprint density at radius 3 is 1.80 bits per heavy atom. The van der Waals surface area contributed by atoms with Crippen molar-refractivity contribution in [1.82, 2.24) is 15.5 Å². The van der Waals surface area contributed by atoms with E-state index < -0.39 is 36.3 Å². The Hall–Kier alpha value is -5.25. The number of aromatic nitrogens is 2. The molecule has 1 N–H and O–H groups in total. The zero-order valence-electron chi connectivity index (χ0n) is 29.7. The molecule has 0 aliphatic heterocycles. The highest BCUT2D eigenvalue weighted by atomic mass is 31.2. The molecule has 51 heavy (non-hydrogen) atoms. The van der Waals surface area contributed by atoms with Crippen molar-refractivity contribution in [3.8, 4) is 17.5 Å². The van der Waals surface area contributed by atoms with Gasteiger partial charge in [-0.2, -0.15) is 5.26 Å². The topological polar surface area (TPSA) is 118 Å². The third-order valence-corrected chi connectivity index (χ3v) is 13.6. The summed E-state index contributed by atoms with van der Waals surface area (Å²) < 4.78 is 12.1. The Balaban J connectivity index is 1.54. The predicted molar refractivity (Wildman–Crippen MR) is 205 cm³/mol. The monoisotopic (exact) mass is 700 g/mol. The first-order chi connectivity index (χ1) is 24.7. The van der Waals surface area contributed by atoms with Crippen LogP contribution < -0.4 is 21.2 Å². The molecule has 0 fully saturated rings. The van der Waals surface area contributed by atoms with Gasteiger partial charge in [0.1, 0.15) is 17.5 Å². The highest BCUT2D eigenvalue weighted by molar-refractivity contribution is 7.97. The Bertz CT molecular complexity index is 1880. The number of hydrogen-bond acceptors (Lipinski definition) is 7. The summed E-state index contributed by atoms with van der Waals surface area (Å²) in [5, 5.41) is 25.1. The molecular formula is C42H45N4O4P. The van der Waals surface area contributed by atoms with E-state index in [-0.39, 0.29) is 11.7 Å². The van der Waals surface area contributed by atoms with Crippen LogP contribution in [0.3, 0.4) is 0 Å². The number of carbonyl (C=O) groups is 2. The standard InChI is InChI=1S/C42H45N4O4P/c1-5-7-28-35(44-41(48)49-37(42(3,4)6-2)29-38-45-46-40(50-38)31-20-12-8-13-21-31)39(47)36(30-43)51(32-22-14-9-15-23-32,33-24-16-10-17-25-33)34-26-18-11-19-27-34/h8-27,35,37H,5-7,28-29H2,1-4H3,(H,44,48)/t35-,37+/m0/s1. The molecule has 0 radical (unpaired) electrons. The summed E-state index contributed by atoms with van der Waals surface area (Å²) in [4.78, 5) is 28.8. The maximum atomic E-state index is 14.9. The van der Waals surface area contributed by atoms with Gasteiger partial charge in [-0.15, -0.1) is 10.2 Å². The van der Waals surface area contributed by atoms with Crippen LogP contribution in [0.2, 0.25) is 0 Å². The van der Waals surface area contributed by atoms with E-state index >= 15 is 0 Å². The van der Waals surface area contributed by atoms with Gasteiger partial charge in [0.25, 0.3) is 0 Å². The lowest BCUT2D eigenvalue weighted by atomic mass is 9.82. The molecule has 0 aliphatic rings. The average molecular weight is 701 g/mol. The summed E-state index contributed by atoms with van der Waals surface area (Å²) in [6, 6.07) is 40.2. The molecule has 0 saturated heterocycles. The SMILES string of the molecule is CCCC[C@H](NC(=O)O[C@H](Cc1nnc(-c2ccccc2)o1)C(C)(C)CC)C(=O)C(C#N)=P(c1ccccc1)(c1ccccc1)c1ccccc1. The number of nitrogens with zero attached hydrogens (tertiary/aromatic N) is 3. The number of nitrogens with one attached hydrogen (secondary N) is 1. The predicted octanol–water partition coefficient (Wildman–Crippen LogP) is 7.63. The van der Waals surface area contributed by atoms with Crippen molar-refractivity contribution < 1.29 is 18.7 Å². The largest absolute Gasteiger partial charge is 0.445 e. The Morgan fingerprint density at radius 2 is 1.33 bits per heavy atom. The maximum Gasteiger partial charge on any atom is 0.408 e. The van der Waals surface area contributed by atoms with Crippen LogP contribution in [-0.4, -0.2) is 39.5 Å². The number of alkyl carbamates (subject to hydrolysis) is 1. The van der Waals surface area contributed by atoms with Gasteiger partial charge in [0.2, 0.25) is 11.8 Å². The van der Waals surface area contributed by atoms with E-state index in [1.165, 1.54) is 0 Å². The molecule has 0 unspecified atom stereocenters. The van der Waals surface area contributed by atoms with E-state index in [1.807, 2.05) is 149 Å². The number of nitriles is 1. The smallest absolute Gasteiger partial charge is 0.408 e. The van der Waals surface area contributed by atoms with Crippen LogP contribution in [0, 0.1) is 16.7 Å². The second-order valence-corrected chi connectivity index (χ2v) is 16.5. The van der Waals surface area contributed by atoms with E-state index in [0.29, 0.717) is 31.0 Å². The number of ether oxygens (including phenoxy) is 1. The number of benzene rings is 4. The van der Waals surface area contributed by atoms with Crippen LogP contribution in [0.5, 0.6) is 0 Å². The Kier molecular flexibility index (Phi) is 12.4. The molecule has 1 aromatic heterocycles. The summed E-state index contributed by atoms with van der Waals surface area (Å²) in [6.07, 6.45) is 1.33. The quantitative estimate of drug-likeness (QED) is 0.112. The molecule has 2 atom stereocenters. The van der Waals surface area contributed by atoms with Crippen LogP contribution in [0.15, 0.2) is 126 Å². The minimum Gasteiger partial charge on any atom is -0.445 e. The summed E-state index contributed by atoms with van der Waals surface area (Å²) in [6.45, 7) is 5.09. The fraction of sp³-hybridized carbons (Fsp3) is 0.286. The number of hydrogen-bond donors (Lipinski definition) is 1. The van der Waals surface area contributed by atoms with Gasteiger partial charge >= 0.3 is 6.09 Å². The Morgan fingerprint density at radius 1 is 0.824 bits per heavy atom. The van der Waals surface area contributed by atoms with Crippen molar-refractivity contribution in [2.45, 2.75) is 71.9 Å². The van der Waals surface area contributed by atoms with Crippen molar-refractivity contribution >= 4 is 40.0 Å². The lowest BCUT2D eigenvalue weighted by molar-refractivity contribution is -0.114. The van der Waals surface area contributed by atoms with Crippen LogP contribution >= 0.6 is 6.89 Å². The Labute approximate surface area is 300 Å². The van der Waals surface area contributed by atoms with Gasteiger partial charge in [-0.3, -0.25) is 4.79 Å². The van der Waals surface area contributed by atoms with Crippen molar-refractivity contribution in [2.24, 2.45) is 5.41 Å². The maximum absolute atomic E-state index is 14.9. The molecule has 8 nitrogen and oxygen atoms in total. The average Bonchev–Trinajstić information content (AvgIpc) is 3.65. The van der Waals surface area contributed by atoms with Gasteiger partial charge in [0.05, 0.1) is 12.5 Å².